The van der Waals surface area contributed by atoms with Gasteiger partial charge in [0, 0.05) is 18.2 Å². The molecule has 1 aromatic rings. The lowest BCUT2D eigenvalue weighted by Crippen LogP contribution is -2.28. The van der Waals surface area contributed by atoms with Crippen molar-refractivity contribution in [1.82, 2.24) is 0 Å². The van der Waals surface area contributed by atoms with Crippen LogP contribution in [0.2, 0.25) is 0 Å². The Morgan fingerprint density at radius 2 is 2.13 bits per heavy atom. The van der Waals surface area contributed by atoms with Crippen LogP contribution in [-0.2, 0) is 12.2 Å². The summed E-state index contributed by atoms with van der Waals surface area (Å²) in [6, 6.07) is 3.99. The van der Waals surface area contributed by atoms with E-state index >= 15 is 0 Å². The number of furan rings is 1. The molecule has 0 aliphatic rings. The van der Waals surface area contributed by atoms with E-state index < -0.39 is 6.10 Å². The van der Waals surface area contributed by atoms with Crippen molar-refractivity contribution in [2.45, 2.75) is 37.4 Å². The topological polar surface area (TPSA) is 59.4 Å². The van der Waals surface area contributed by atoms with Gasteiger partial charge in [-0.1, -0.05) is 13.8 Å². The van der Waals surface area contributed by atoms with E-state index in [1.807, 2.05) is 19.1 Å². The summed E-state index contributed by atoms with van der Waals surface area (Å²) in [6.07, 6.45) is 0.488. The largest absolute Gasteiger partial charge is 0.465 e. The van der Waals surface area contributed by atoms with Gasteiger partial charge in [-0.15, -0.1) is 11.8 Å². The highest BCUT2D eigenvalue weighted by atomic mass is 32.2. The molecule has 0 aromatic carbocycles. The molecule has 1 rings (SSSR count). The Bertz CT molecular complexity index is 288. The highest BCUT2D eigenvalue weighted by molar-refractivity contribution is 7.99. The minimum absolute atomic E-state index is 0.144. The maximum Gasteiger partial charge on any atom is 0.114 e. The van der Waals surface area contributed by atoms with Crippen LogP contribution in [0.1, 0.15) is 25.4 Å². The monoisotopic (exact) mass is 229 g/mol. The quantitative estimate of drug-likeness (QED) is 0.780. The third-order valence-corrected chi connectivity index (χ3v) is 3.63. The van der Waals surface area contributed by atoms with E-state index in [1.165, 1.54) is 0 Å². The van der Waals surface area contributed by atoms with Gasteiger partial charge in [0.05, 0.1) is 11.9 Å². The minimum Gasteiger partial charge on any atom is -0.465 e. The number of nitrogens with two attached hydrogens (primary N) is 1. The highest BCUT2D eigenvalue weighted by Crippen LogP contribution is 2.21. The maximum atomic E-state index is 9.48. The Morgan fingerprint density at radius 3 is 2.67 bits per heavy atom. The van der Waals surface area contributed by atoms with Gasteiger partial charge in [0.1, 0.15) is 11.5 Å². The first kappa shape index (κ1) is 12.6. The number of rotatable bonds is 6. The Hall–Kier alpha value is -0.450. The third-order valence-electron chi connectivity index (χ3n) is 2.34. The maximum absolute atomic E-state index is 9.48. The lowest BCUT2D eigenvalue weighted by atomic mass is 10.3. The molecule has 3 nitrogen and oxygen atoms in total. The third kappa shape index (κ3) is 3.89. The SMILES string of the molecule is CCc1ccc(CSC(C)C(O)CN)o1. The van der Waals surface area contributed by atoms with Crippen molar-refractivity contribution in [3.8, 4) is 0 Å². The number of aliphatic hydroxyl groups is 1. The molecule has 15 heavy (non-hydrogen) atoms. The number of thioether (sulfide) groups is 1. The molecule has 0 saturated carbocycles. The second kappa shape index (κ2) is 6.20. The van der Waals surface area contributed by atoms with Crippen LogP contribution in [0.25, 0.3) is 0 Å². The predicted molar refractivity (Wildman–Crippen MR) is 63.9 cm³/mol. The molecule has 2 atom stereocenters. The lowest BCUT2D eigenvalue weighted by molar-refractivity contribution is 0.184. The molecule has 0 aliphatic carbocycles. The van der Waals surface area contributed by atoms with E-state index in [2.05, 4.69) is 6.92 Å². The van der Waals surface area contributed by atoms with Crippen molar-refractivity contribution < 1.29 is 9.52 Å². The van der Waals surface area contributed by atoms with Gasteiger partial charge in [-0.05, 0) is 12.1 Å². The Labute approximate surface area is 95.0 Å². The van der Waals surface area contributed by atoms with Crippen molar-refractivity contribution in [1.29, 1.82) is 0 Å². The fourth-order valence-electron chi connectivity index (χ4n) is 1.21. The van der Waals surface area contributed by atoms with Gasteiger partial charge in [0.2, 0.25) is 0 Å². The van der Waals surface area contributed by atoms with Crippen LogP contribution < -0.4 is 5.73 Å². The van der Waals surface area contributed by atoms with Crippen LogP contribution in [0.5, 0.6) is 0 Å². The van der Waals surface area contributed by atoms with E-state index in [0.29, 0.717) is 6.54 Å². The molecule has 86 valence electrons. The molecule has 0 fully saturated rings. The molecular formula is C11H19NO2S. The van der Waals surface area contributed by atoms with Crippen LogP contribution in [0.4, 0.5) is 0 Å². The summed E-state index contributed by atoms with van der Waals surface area (Å²) in [6.45, 7) is 4.36. The van der Waals surface area contributed by atoms with Gasteiger partial charge in [-0.3, -0.25) is 0 Å². The van der Waals surface area contributed by atoms with Crippen LogP contribution in [0.15, 0.2) is 16.5 Å². The molecule has 0 radical (unpaired) electrons. The smallest absolute Gasteiger partial charge is 0.114 e. The molecule has 0 amide bonds. The Kier molecular flexibility index (Phi) is 5.22. The number of hydrogen-bond acceptors (Lipinski definition) is 4. The second-order valence-corrected chi connectivity index (χ2v) is 4.91. The van der Waals surface area contributed by atoms with E-state index in [1.54, 1.807) is 11.8 Å². The normalized spacial score (nSPS) is 15.2. The zero-order valence-electron chi connectivity index (χ0n) is 9.27. The van der Waals surface area contributed by atoms with Crippen molar-refractivity contribution in [3.05, 3.63) is 23.7 Å². The average molecular weight is 229 g/mol. The highest BCUT2D eigenvalue weighted by Gasteiger charge is 2.13. The number of aryl methyl sites for hydroxylation is 1. The van der Waals surface area contributed by atoms with Gasteiger partial charge in [0.25, 0.3) is 0 Å². The summed E-state index contributed by atoms with van der Waals surface area (Å²) in [7, 11) is 0. The van der Waals surface area contributed by atoms with Gasteiger partial charge in [0.15, 0.2) is 0 Å². The Morgan fingerprint density at radius 1 is 1.47 bits per heavy atom. The second-order valence-electron chi connectivity index (χ2n) is 3.54. The van der Waals surface area contributed by atoms with Crippen molar-refractivity contribution in [2.75, 3.05) is 6.54 Å². The summed E-state index contributed by atoms with van der Waals surface area (Å²) in [5, 5.41) is 9.62. The molecular weight excluding hydrogens is 210 g/mol. The van der Waals surface area contributed by atoms with Crippen LogP contribution in [0, 0.1) is 0 Å². The van der Waals surface area contributed by atoms with Gasteiger partial charge in [-0.2, -0.15) is 0 Å². The van der Waals surface area contributed by atoms with E-state index in [9.17, 15) is 5.11 Å². The first-order chi connectivity index (χ1) is 7.17. The molecule has 0 spiro atoms. The van der Waals surface area contributed by atoms with Crippen molar-refractivity contribution in [2.24, 2.45) is 5.73 Å². The number of hydrogen-bond donors (Lipinski definition) is 2. The fraction of sp³-hybridized carbons (Fsp3) is 0.636. The zero-order valence-corrected chi connectivity index (χ0v) is 10.1. The van der Waals surface area contributed by atoms with Crippen LogP contribution in [0.3, 0.4) is 0 Å². The molecule has 0 saturated heterocycles. The summed E-state index contributed by atoms with van der Waals surface area (Å²) in [5.74, 6) is 2.77. The van der Waals surface area contributed by atoms with Crippen LogP contribution in [-0.4, -0.2) is 23.0 Å². The summed E-state index contributed by atoms with van der Waals surface area (Å²) < 4.78 is 5.56. The summed E-state index contributed by atoms with van der Waals surface area (Å²) >= 11 is 1.66. The summed E-state index contributed by atoms with van der Waals surface area (Å²) in [5.41, 5.74) is 5.38. The van der Waals surface area contributed by atoms with E-state index in [4.69, 9.17) is 10.2 Å². The van der Waals surface area contributed by atoms with Gasteiger partial charge >= 0.3 is 0 Å². The first-order valence-corrected chi connectivity index (χ1v) is 6.29. The molecule has 3 N–H and O–H groups in total. The first-order valence-electron chi connectivity index (χ1n) is 5.24. The Balaban J connectivity index is 2.36. The molecule has 4 heteroatoms. The molecule has 0 bridgehead atoms. The molecule has 0 aliphatic heterocycles. The minimum atomic E-state index is -0.435. The zero-order chi connectivity index (χ0) is 11.3. The average Bonchev–Trinajstić information content (AvgIpc) is 2.72. The van der Waals surface area contributed by atoms with Gasteiger partial charge < -0.3 is 15.3 Å². The lowest BCUT2D eigenvalue weighted by Gasteiger charge is -2.15. The van der Waals surface area contributed by atoms with Crippen LogP contribution >= 0.6 is 11.8 Å². The van der Waals surface area contributed by atoms with E-state index in [-0.39, 0.29) is 5.25 Å². The molecule has 1 aromatic heterocycles. The number of aliphatic hydroxyl groups excluding tert-OH is 1. The van der Waals surface area contributed by atoms with E-state index in [0.717, 1.165) is 23.7 Å². The standard InChI is InChI=1S/C11H19NO2S/c1-3-9-4-5-10(14-9)7-15-8(2)11(13)6-12/h4-5,8,11,13H,3,6-7,12H2,1-2H3. The van der Waals surface area contributed by atoms with Crippen molar-refractivity contribution in [3.63, 3.8) is 0 Å². The predicted octanol–water partition coefficient (Wildman–Crippen LogP) is 1.78. The van der Waals surface area contributed by atoms with Gasteiger partial charge in [-0.25, -0.2) is 0 Å². The summed E-state index contributed by atoms with van der Waals surface area (Å²) in [4.78, 5) is 0. The van der Waals surface area contributed by atoms with Crippen molar-refractivity contribution >= 4 is 11.8 Å². The molecule has 2 unspecified atom stereocenters. The molecule has 1 heterocycles. The fourth-order valence-corrected chi connectivity index (χ4v) is 2.12.